The summed E-state index contributed by atoms with van der Waals surface area (Å²) in [6, 6.07) is 64.7. The lowest BCUT2D eigenvalue weighted by Crippen LogP contribution is -2.01. The average molecular weight is 817 g/mol. The van der Waals surface area contributed by atoms with Gasteiger partial charge in [0.25, 0.3) is 0 Å². The van der Waals surface area contributed by atoms with Gasteiger partial charge in [0.2, 0.25) is 0 Å². The minimum absolute atomic E-state index is 0.624. The van der Waals surface area contributed by atoms with Crippen LogP contribution in [0.5, 0.6) is 0 Å². The molecule has 2 heterocycles. The van der Waals surface area contributed by atoms with Gasteiger partial charge in [-0.1, -0.05) is 189 Å². The highest BCUT2D eigenvalue weighted by atomic mass is 15.0. The van der Waals surface area contributed by atoms with Gasteiger partial charge in [-0.05, 0) is 103 Å². The molecule has 0 spiro atoms. The normalized spacial score (nSPS) is 14.3. The number of para-hydroxylation sites is 1. The fourth-order valence-corrected chi connectivity index (χ4v) is 9.54. The molecule has 300 valence electrons. The van der Waals surface area contributed by atoms with Gasteiger partial charge in [0.1, 0.15) is 0 Å². The lowest BCUT2D eigenvalue weighted by molar-refractivity contribution is 1.08. The summed E-state index contributed by atoms with van der Waals surface area (Å²) in [7, 11) is 0. The van der Waals surface area contributed by atoms with Gasteiger partial charge in [-0.2, -0.15) is 0 Å². The highest BCUT2D eigenvalue weighted by molar-refractivity contribution is 6.15. The first kappa shape index (κ1) is 37.3. The molecule has 64 heavy (non-hydrogen) atoms. The Bertz CT molecular complexity index is 3620. The molecule has 0 bridgehead atoms. The summed E-state index contributed by atoms with van der Waals surface area (Å²) in [6.45, 7) is 4.47. The van der Waals surface area contributed by atoms with Crippen molar-refractivity contribution in [3.8, 4) is 51.0 Å². The molecule has 0 unspecified atom stereocenters. The van der Waals surface area contributed by atoms with Gasteiger partial charge in [-0.15, -0.1) is 0 Å². The Labute approximate surface area is 371 Å². The number of rotatable bonds is 5. The number of nitrogens with zero attached hydrogens (tertiary/aromatic N) is 4. The Balaban J connectivity index is 0.977. The Hall–Kier alpha value is -8.47. The summed E-state index contributed by atoms with van der Waals surface area (Å²) in [6.07, 6.45) is 13.8. The molecule has 0 radical (unpaired) electrons. The molecule has 4 nitrogen and oxygen atoms in total. The summed E-state index contributed by atoms with van der Waals surface area (Å²) in [5.74, 6) is 1.91. The largest absolute Gasteiger partial charge is 0.309 e. The van der Waals surface area contributed by atoms with Gasteiger partial charge in [0.05, 0.1) is 11.2 Å². The molecule has 0 aliphatic heterocycles. The van der Waals surface area contributed by atoms with Crippen molar-refractivity contribution >= 4 is 65.6 Å². The number of fused-ring (bicyclic) bond motifs is 9. The number of hydrogen-bond donors (Lipinski definition) is 0. The van der Waals surface area contributed by atoms with Gasteiger partial charge in [-0.3, -0.25) is 0 Å². The molecule has 0 N–H and O–H groups in total. The predicted molar refractivity (Wildman–Crippen MR) is 269 cm³/mol. The van der Waals surface area contributed by atoms with Crippen LogP contribution < -0.4 is 0 Å². The average Bonchev–Trinajstić information content (AvgIpc) is 3.69. The van der Waals surface area contributed by atoms with Gasteiger partial charge >= 0.3 is 0 Å². The maximum atomic E-state index is 5.34. The minimum Gasteiger partial charge on any atom is -0.309 e. The molecule has 12 rings (SSSR count). The van der Waals surface area contributed by atoms with Crippen LogP contribution in [-0.4, -0.2) is 19.5 Å². The smallest absolute Gasteiger partial charge is 0.164 e. The third kappa shape index (κ3) is 6.35. The molecule has 0 amide bonds. The van der Waals surface area contributed by atoms with Crippen molar-refractivity contribution in [1.29, 1.82) is 0 Å². The summed E-state index contributed by atoms with van der Waals surface area (Å²) in [5, 5.41) is 10.4. The summed E-state index contributed by atoms with van der Waals surface area (Å²) in [5.41, 5.74) is 10.6. The first-order chi connectivity index (χ1) is 31.7. The Kier molecular flexibility index (Phi) is 9.01. The number of benzene rings is 9. The molecule has 0 fully saturated rings. The Morgan fingerprint density at radius 3 is 1.50 bits per heavy atom. The predicted octanol–water partition coefficient (Wildman–Crippen LogP) is 15.6. The van der Waals surface area contributed by atoms with E-state index in [0.29, 0.717) is 17.5 Å². The van der Waals surface area contributed by atoms with E-state index in [0.717, 1.165) is 83.8 Å². The first-order valence-corrected chi connectivity index (χ1v) is 21.8. The monoisotopic (exact) mass is 816 g/mol. The molecule has 1 aliphatic carbocycles. The van der Waals surface area contributed by atoms with Gasteiger partial charge < -0.3 is 4.57 Å². The molecule has 2 aromatic heterocycles. The zero-order valence-corrected chi connectivity index (χ0v) is 35.0. The lowest BCUT2D eigenvalue weighted by atomic mass is 9.96. The zero-order chi connectivity index (χ0) is 42.6. The van der Waals surface area contributed by atoms with Crippen LogP contribution in [0.2, 0.25) is 0 Å². The van der Waals surface area contributed by atoms with Crippen molar-refractivity contribution < 1.29 is 0 Å². The van der Waals surface area contributed by atoms with Gasteiger partial charge in [0.15, 0.2) is 17.5 Å². The summed E-state index contributed by atoms with van der Waals surface area (Å²) < 4.78 is 2.35. The topological polar surface area (TPSA) is 43.6 Å². The van der Waals surface area contributed by atoms with Crippen molar-refractivity contribution in [3.05, 3.63) is 230 Å². The van der Waals surface area contributed by atoms with Gasteiger partial charge in [0, 0.05) is 33.3 Å². The maximum Gasteiger partial charge on any atom is 0.164 e. The van der Waals surface area contributed by atoms with E-state index in [1.165, 1.54) is 26.9 Å². The number of allylic oxidation sites excluding steroid dienone is 6. The number of aromatic nitrogens is 4. The zero-order valence-electron chi connectivity index (χ0n) is 35.0. The van der Waals surface area contributed by atoms with E-state index in [1.807, 2.05) is 0 Å². The summed E-state index contributed by atoms with van der Waals surface area (Å²) >= 11 is 0. The van der Waals surface area contributed by atoms with Gasteiger partial charge in [-0.25, -0.2) is 15.0 Å². The first-order valence-electron chi connectivity index (χ1n) is 21.8. The molecular formula is C60H40N4. The van der Waals surface area contributed by atoms with Crippen LogP contribution in [0, 0.1) is 0 Å². The molecule has 0 saturated carbocycles. The minimum atomic E-state index is 0.624. The van der Waals surface area contributed by atoms with Crippen LogP contribution in [0.15, 0.2) is 219 Å². The Morgan fingerprint density at radius 2 is 0.891 bits per heavy atom. The lowest BCUT2D eigenvalue weighted by Gasteiger charge is -2.14. The van der Waals surface area contributed by atoms with E-state index < -0.39 is 0 Å². The van der Waals surface area contributed by atoms with Crippen molar-refractivity contribution in [3.63, 3.8) is 0 Å². The maximum absolute atomic E-state index is 5.34. The van der Waals surface area contributed by atoms with E-state index in [1.54, 1.807) is 0 Å². The highest BCUT2D eigenvalue weighted by Crippen LogP contribution is 2.39. The second-order valence-electron chi connectivity index (χ2n) is 16.4. The van der Waals surface area contributed by atoms with Crippen LogP contribution in [0.25, 0.3) is 117 Å². The fraction of sp³-hybridized carbons (Fsp3) is 0.0167. The number of hydrogen-bond acceptors (Lipinski definition) is 3. The van der Waals surface area contributed by atoms with E-state index in [-0.39, 0.29) is 0 Å². The Morgan fingerprint density at radius 1 is 0.406 bits per heavy atom. The molecule has 0 saturated heterocycles. The molecule has 11 aromatic rings. The van der Waals surface area contributed by atoms with E-state index in [2.05, 4.69) is 230 Å². The second kappa shape index (κ2) is 15.5. The summed E-state index contributed by atoms with van der Waals surface area (Å²) in [4.78, 5) is 15.9. The second-order valence-corrected chi connectivity index (χ2v) is 16.4. The fourth-order valence-electron chi connectivity index (χ4n) is 9.54. The molecule has 0 atom stereocenters. The van der Waals surface area contributed by atoms with Crippen molar-refractivity contribution in [2.24, 2.45) is 0 Å². The molecule has 4 heteroatoms. The standard InChI is InChI=1S/C60H40N4/c1-39-17-5-3-2-4-6-28-56-57(39)52-26-15-16-27-55(52)64(56)45-35-33-41(34-36-45)40-29-31-42(32-30-40)58-61-59(53-37-43-18-7-9-20-46(43)48-22-11-13-24-50(48)53)63-60(62-58)54-38-44-19-8-10-21-47(44)49-23-12-14-25-51(49)54/h2-3,5-38H,1,4H2/b3-2-,17-5-,28-6-. The molecule has 1 aliphatic rings. The third-order valence-corrected chi connectivity index (χ3v) is 12.6. The highest BCUT2D eigenvalue weighted by Gasteiger charge is 2.20. The van der Waals surface area contributed by atoms with Crippen molar-refractivity contribution in [1.82, 2.24) is 19.5 Å². The third-order valence-electron chi connectivity index (χ3n) is 12.6. The van der Waals surface area contributed by atoms with E-state index >= 15 is 0 Å². The quantitative estimate of drug-likeness (QED) is 0.163. The van der Waals surface area contributed by atoms with Crippen molar-refractivity contribution in [2.45, 2.75) is 6.42 Å². The molecule has 9 aromatic carbocycles. The van der Waals surface area contributed by atoms with E-state index in [4.69, 9.17) is 15.0 Å². The van der Waals surface area contributed by atoms with Crippen LogP contribution in [0.3, 0.4) is 0 Å². The van der Waals surface area contributed by atoms with Crippen LogP contribution in [0.4, 0.5) is 0 Å². The van der Waals surface area contributed by atoms with Crippen LogP contribution >= 0.6 is 0 Å². The van der Waals surface area contributed by atoms with Crippen LogP contribution in [0.1, 0.15) is 17.7 Å². The SMILES string of the molecule is C=C1/C=C\C=C/C/C=C\c2c1c1ccccc1n2-c1ccc(-c2ccc(-c3nc(-c4cc5ccccc5c5ccccc45)nc(-c4cc5ccccc5c5ccccc45)n3)cc2)cc1. The van der Waals surface area contributed by atoms with E-state index in [9.17, 15) is 0 Å². The molecular weight excluding hydrogens is 777 g/mol. The van der Waals surface area contributed by atoms with Crippen LogP contribution in [-0.2, 0) is 0 Å². The van der Waals surface area contributed by atoms with Crippen molar-refractivity contribution in [2.75, 3.05) is 0 Å².